The van der Waals surface area contributed by atoms with E-state index in [0.717, 1.165) is 11.8 Å². The van der Waals surface area contributed by atoms with E-state index in [-0.39, 0.29) is 11.4 Å². The number of aromatic carboxylic acids is 1. The Morgan fingerprint density at radius 2 is 2.05 bits per heavy atom. The Kier molecular flexibility index (Phi) is 3.12. The Balaban J connectivity index is 1.68. The maximum atomic E-state index is 13.9. The second kappa shape index (κ2) is 4.79. The van der Waals surface area contributed by atoms with Crippen molar-refractivity contribution in [3.05, 3.63) is 23.6 Å². The average Bonchev–Trinajstić information content (AvgIpc) is 3.25. The number of anilines is 1. The molecule has 4 nitrogen and oxygen atoms in total. The van der Waals surface area contributed by atoms with E-state index in [1.807, 2.05) is 0 Å². The molecule has 0 atom stereocenters. The van der Waals surface area contributed by atoms with Gasteiger partial charge >= 0.3 is 5.97 Å². The van der Waals surface area contributed by atoms with Crippen molar-refractivity contribution in [2.75, 3.05) is 11.9 Å². The Hall–Kier alpha value is -1.65. The minimum Gasteiger partial charge on any atom is -0.478 e. The fraction of sp³-hybridized carbons (Fsp3) is 0.571. The molecule has 0 radical (unpaired) electrons. The van der Waals surface area contributed by atoms with Gasteiger partial charge in [0.15, 0.2) is 11.6 Å². The lowest BCUT2D eigenvalue weighted by Crippen LogP contribution is -2.20. The topological polar surface area (TPSA) is 62.2 Å². The van der Waals surface area contributed by atoms with Gasteiger partial charge in [0.2, 0.25) is 0 Å². The second-order valence-electron chi connectivity index (χ2n) is 5.55. The molecule has 19 heavy (non-hydrogen) atoms. The molecule has 0 amide bonds. The van der Waals surface area contributed by atoms with Crippen LogP contribution in [0.5, 0.6) is 0 Å². The van der Waals surface area contributed by atoms with Crippen LogP contribution in [-0.2, 0) is 0 Å². The van der Waals surface area contributed by atoms with Crippen molar-refractivity contribution >= 4 is 11.8 Å². The Bertz CT molecular complexity index is 486. The molecule has 2 saturated carbocycles. The largest absolute Gasteiger partial charge is 0.478 e. The van der Waals surface area contributed by atoms with Crippen LogP contribution in [0.15, 0.2) is 12.3 Å². The fourth-order valence-electron chi connectivity index (χ4n) is 2.71. The van der Waals surface area contributed by atoms with Crippen LogP contribution in [0.3, 0.4) is 0 Å². The molecule has 2 fully saturated rings. The average molecular weight is 264 g/mol. The molecule has 0 spiro atoms. The fourth-order valence-corrected chi connectivity index (χ4v) is 2.71. The summed E-state index contributed by atoms with van der Waals surface area (Å²) >= 11 is 0. The van der Waals surface area contributed by atoms with Gasteiger partial charge in [-0.2, -0.15) is 0 Å². The highest BCUT2D eigenvalue weighted by atomic mass is 19.1. The molecule has 0 aliphatic heterocycles. The normalized spacial score (nSPS) is 18.6. The van der Waals surface area contributed by atoms with Crippen LogP contribution in [0.2, 0.25) is 0 Å². The van der Waals surface area contributed by atoms with Gasteiger partial charge in [0.1, 0.15) is 5.56 Å². The highest BCUT2D eigenvalue weighted by Gasteiger charge is 2.41. The quantitative estimate of drug-likeness (QED) is 0.829. The Morgan fingerprint density at radius 1 is 1.42 bits per heavy atom. The van der Waals surface area contributed by atoms with Gasteiger partial charge < -0.3 is 10.4 Å². The number of pyridine rings is 1. The van der Waals surface area contributed by atoms with E-state index in [4.69, 9.17) is 5.11 Å². The Labute approximate surface area is 111 Å². The first-order valence-corrected chi connectivity index (χ1v) is 6.78. The number of carboxylic acids is 1. The molecule has 2 aliphatic carbocycles. The van der Waals surface area contributed by atoms with Gasteiger partial charge in [0.25, 0.3) is 0 Å². The molecular formula is C14H17FN2O2. The number of rotatable bonds is 6. The summed E-state index contributed by atoms with van der Waals surface area (Å²) in [5.74, 6) is 0.168. The second-order valence-corrected chi connectivity index (χ2v) is 5.55. The lowest BCUT2D eigenvalue weighted by molar-refractivity contribution is 0.0692. The van der Waals surface area contributed by atoms with Gasteiger partial charge in [-0.3, -0.25) is 0 Å². The SMILES string of the molecule is O=C(O)c1ccnc(NCC(C2CC2)C2CC2)c1F. The first kappa shape index (κ1) is 12.4. The first-order chi connectivity index (χ1) is 9.16. The molecule has 3 rings (SSSR count). The van der Waals surface area contributed by atoms with Crippen LogP contribution >= 0.6 is 0 Å². The van der Waals surface area contributed by atoms with Crippen LogP contribution in [0.4, 0.5) is 10.2 Å². The van der Waals surface area contributed by atoms with E-state index < -0.39 is 11.8 Å². The highest BCUT2D eigenvalue weighted by molar-refractivity contribution is 5.88. The molecule has 102 valence electrons. The predicted molar refractivity (Wildman–Crippen MR) is 68.6 cm³/mol. The van der Waals surface area contributed by atoms with Gasteiger partial charge in [0.05, 0.1) is 0 Å². The van der Waals surface area contributed by atoms with Crippen molar-refractivity contribution < 1.29 is 14.3 Å². The molecule has 5 heteroatoms. The van der Waals surface area contributed by atoms with E-state index in [1.54, 1.807) is 0 Å². The van der Waals surface area contributed by atoms with Crippen LogP contribution in [0.1, 0.15) is 36.0 Å². The van der Waals surface area contributed by atoms with Crippen molar-refractivity contribution in [1.29, 1.82) is 0 Å². The summed E-state index contributed by atoms with van der Waals surface area (Å²) in [7, 11) is 0. The van der Waals surface area contributed by atoms with Crippen LogP contribution < -0.4 is 5.32 Å². The molecule has 1 aromatic heterocycles. The van der Waals surface area contributed by atoms with Crippen LogP contribution in [0, 0.1) is 23.6 Å². The molecule has 1 heterocycles. The number of aromatic nitrogens is 1. The summed E-state index contributed by atoms with van der Waals surface area (Å²) < 4.78 is 13.9. The number of hydrogen-bond acceptors (Lipinski definition) is 3. The minimum atomic E-state index is -1.26. The third kappa shape index (κ3) is 2.69. The molecular weight excluding hydrogens is 247 g/mol. The summed E-state index contributed by atoms with van der Waals surface area (Å²) in [6.07, 6.45) is 6.42. The van der Waals surface area contributed by atoms with Crippen LogP contribution in [-0.4, -0.2) is 22.6 Å². The lowest BCUT2D eigenvalue weighted by Gasteiger charge is -2.17. The number of carbonyl (C=O) groups is 1. The molecule has 0 unspecified atom stereocenters. The van der Waals surface area contributed by atoms with Crippen molar-refractivity contribution in [3.8, 4) is 0 Å². The number of hydrogen-bond donors (Lipinski definition) is 2. The van der Waals surface area contributed by atoms with Crippen molar-refractivity contribution in [2.24, 2.45) is 17.8 Å². The molecule has 0 aromatic carbocycles. The zero-order chi connectivity index (χ0) is 13.4. The summed E-state index contributed by atoms with van der Waals surface area (Å²) in [4.78, 5) is 14.8. The van der Waals surface area contributed by atoms with Gasteiger partial charge in [-0.25, -0.2) is 14.2 Å². The highest BCUT2D eigenvalue weighted by Crippen LogP contribution is 2.49. The van der Waals surface area contributed by atoms with E-state index in [9.17, 15) is 9.18 Å². The predicted octanol–water partition coefficient (Wildman–Crippen LogP) is 2.77. The van der Waals surface area contributed by atoms with Gasteiger partial charge in [-0.05, 0) is 49.5 Å². The molecule has 0 bridgehead atoms. The molecule has 1 aromatic rings. The van der Waals surface area contributed by atoms with Crippen molar-refractivity contribution in [2.45, 2.75) is 25.7 Å². The van der Waals surface area contributed by atoms with E-state index >= 15 is 0 Å². The Morgan fingerprint density at radius 3 is 2.58 bits per heavy atom. The maximum Gasteiger partial charge on any atom is 0.338 e. The minimum absolute atomic E-state index is 0.0613. The van der Waals surface area contributed by atoms with Crippen molar-refractivity contribution in [3.63, 3.8) is 0 Å². The van der Waals surface area contributed by atoms with E-state index in [0.29, 0.717) is 12.5 Å². The maximum absolute atomic E-state index is 13.9. The summed E-state index contributed by atoms with van der Waals surface area (Å²) in [5.41, 5.74) is -0.327. The zero-order valence-electron chi connectivity index (χ0n) is 10.6. The number of nitrogens with one attached hydrogen (secondary N) is 1. The summed E-state index contributed by atoms with van der Waals surface area (Å²) in [6, 6.07) is 1.18. The molecule has 2 N–H and O–H groups in total. The third-order valence-corrected chi connectivity index (χ3v) is 4.08. The molecule has 0 saturated heterocycles. The molecule has 2 aliphatic rings. The first-order valence-electron chi connectivity index (χ1n) is 6.78. The van der Waals surface area contributed by atoms with Crippen LogP contribution in [0.25, 0.3) is 0 Å². The number of nitrogens with zero attached hydrogens (tertiary/aromatic N) is 1. The summed E-state index contributed by atoms with van der Waals surface area (Å²) in [6.45, 7) is 0.697. The zero-order valence-corrected chi connectivity index (χ0v) is 10.6. The summed E-state index contributed by atoms with van der Waals surface area (Å²) in [5, 5.41) is 11.9. The van der Waals surface area contributed by atoms with Crippen molar-refractivity contribution in [1.82, 2.24) is 4.98 Å². The number of carboxylic acid groups (broad SMARTS) is 1. The van der Waals surface area contributed by atoms with Gasteiger partial charge in [-0.1, -0.05) is 0 Å². The van der Waals surface area contributed by atoms with E-state index in [2.05, 4.69) is 10.3 Å². The monoisotopic (exact) mass is 264 g/mol. The van der Waals surface area contributed by atoms with Gasteiger partial charge in [0, 0.05) is 12.7 Å². The third-order valence-electron chi connectivity index (χ3n) is 4.08. The van der Waals surface area contributed by atoms with Gasteiger partial charge in [-0.15, -0.1) is 0 Å². The standard InChI is InChI=1S/C14H17FN2O2/c15-12-10(14(18)19)5-6-16-13(12)17-7-11(8-1-2-8)9-3-4-9/h5-6,8-9,11H,1-4,7H2,(H,16,17)(H,18,19). The number of halogens is 1. The van der Waals surface area contributed by atoms with E-state index in [1.165, 1.54) is 37.9 Å². The smallest absolute Gasteiger partial charge is 0.338 e. The lowest BCUT2D eigenvalue weighted by atomic mass is 9.98.